The molecular formula is C31H13F11N2O. The number of aryl methyl sites for hydroxylation is 1. The highest BCUT2D eigenvalue weighted by atomic mass is 19.4. The van der Waals surface area contributed by atoms with Gasteiger partial charge >= 0.3 is 12.3 Å². The zero-order chi connectivity index (χ0) is 32.8. The van der Waals surface area contributed by atoms with Gasteiger partial charge in [0, 0.05) is 35.5 Å². The number of benzene rings is 4. The summed E-state index contributed by atoms with van der Waals surface area (Å²) in [5.41, 5.74) is -3.57. The SMILES string of the molecule is Cc1cnc(-c2cc(F)c(C(F)(F)Oc3ccc(-c4cc(F)c5c(F)c(C#CC(F)(F)F)c(F)cc5c4)c(F)c3)c(F)c2)nc1. The molecule has 230 valence electrons. The van der Waals surface area contributed by atoms with E-state index in [4.69, 9.17) is 0 Å². The fraction of sp³-hybridized carbons (Fsp3) is 0.0968. The lowest BCUT2D eigenvalue weighted by Gasteiger charge is -2.20. The molecule has 5 rings (SSSR count). The van der Waals surface area contributed by atoms with E-state index in [0.717, 1.165) is 18.2 Å². The molecule has 0 bridgehead atoms. The third-order valence-corrected chi connectivity index (χ3v) is 6.28. The maximum absolute atomic E-state index is 15.0. The molecule has 0 unspecified atom stereocenters. The van der Waals surface area contributed by atoms with Crippen LogP contribution in [0, 0.1) is 53.7 Å². The molecule has 14 heteroatoms. The van der Waals surface area contributed by atoms with Gasteiger partial charge in [-0.05, 0) is 65.9 Å². The van der Waals surface area contributed by atoms with Crippen LogP contribution in [0.1, 0.15) is 16.7 Å². The first-order chi connectivity index (χ1) is 21.0. The lowest BCUT2D eigenvalue weighted by Crippen LogP contribution is -2.25. The molecule has 0 saturated carbocycles. The summed E-state index contributed by atoms with van der Waals surface area (Å²) in [5, 5.41) is -1.45. The van der Waals surface area contributed by atoms with Crippen LogP contribution in [0.5, 0.6) is 5.75 Å². The molecule has 0 spiro atoms. The van der Waals surface area contributed by atoms with E-state index in [1.54, 1.807) is 6.92 Å². The number of nitrogens with zero attached hydrogens (tertiary/aromatic N) is 2. The lowest BCUT2D eigenvalue weighted by atomic mass is 9.98. The van der Waals surface area contributed by atoms with E-state index in [0.29, 0.717) is 41.8 Å². The van der Waals surface area contributed by atoms with Crippen molar-refractivity contribution in [2.24, 2.45) is 0 Å². The Hall–Kier alpha value is -5.19. The highest BCUT2D eigenvalue weighted by Gasteiger charge is 2.41. The van der Waals surface area contributed by atoms with Crippen molar-refractivity contribution in [1.82, 2.24) is 9.97 Å². The van der Waals surface area contributed by atoms with Crippen LogP contribution in [0.4, 0.5) is 48.3 Å². The summed E-state index contributed by atoms with van der Waals surface area (Å²) in [6.45, 7) is 1.66. The Morgan fingerprint density at radius 3 is 1.91 bits per heavy atom. The van der Waals surface area contributed by atoms with E-state index in [2.05, 4.69) is 14.7 Å². The second-order valence-electron chi connectivity index (χ2n) is 9.51. The molecule has 1 heterocycles. The third-order valence-electron chi connectivity index (χ3n) is 6.28. The first kappa shape index (κ1) is 31.2. The summed E-state index contributed by atoms with van der Waals surface area (Å²) < 4.78 is 160. The average Bonchev–Trinajstić information content (AvgIpc) is 2.91. The fourth-order valence-corrected chi connectivity index (χ4v) is 4.33. The largest absolute Gasteiger partial charge is 0.458 e. The minimum Gasteiger partial charge on any atom is -0.429 e. The zero-order valence-corrected chi connectivity index (χ0v) is 22.2. The van der Waals surface area contributed by atoms with Gasteiger partial charge in [-0.25, -0.2) is 36.3 Å². The predicted octanol–water partition coefficient (Wildman–Crippen LogP) is 9.15. The first-order valence-electron chi connectivity index (χ1n) is 12.4. The number of hydrogen-bond acceptors (Lipinski definition) is 3. The van der Waals surface area contributed by atoms with Gasteiger partial charge in [-0.2, -0.15) is 22.0 Å². The van der Waals surface area contributed by atoms with Gasteiger partial charge in [-0.1, -0.05) is 5.92 Å². The van der Waals surface area contributed by atoms with E-state index >= 15 is 4.39 Å². The van der Waals surface area contributed by atoms with E-state index in [-0.39, 0.29) is 17.0 Å². The molecule has 0 radical (unpaired) electrons. The van der Waals surface area contributed by atoms with Gasteiger partial charge < -0.3 is 4.74 Å². The van der Waals surface area contributed by atoms with Gasteiger partial charge in [-0.15, -0.1) is 0 Å². The van der Waals surface area contributed by atoms with Crippen LogP contribution in [-0.2, 0) is 6.11 Å². The molecular weight excluding hydrogens is 625 g/mol. The topological polar surface area (TPSA) is 35.0 Å². The normalized spacial score (nSPS) is 11.8. The Kier molecular flexibility index (Phi) is 7.90. The molecule has 5 aromatic rings. The number of fused-ring (bicyclic) bond motifs is 1. The van der Waals surface area contributed by atoms with Crippen LogP contribution >= 0.6 is 0 Å². The first-order valence-corrected chi connectivity index (χ1v) is 12.4. The van der Waals surface area contributed by atoms with Gasteiger partial charge in [-0.3, -0.25) is 0 Å². The molecule has 0 atom stereocenters. The van der Waals surface area contributed by atoms with E-state index in [1.165, 1.54) is 18.3 Å². The zero-order valence-electron chi connectivity index (χ0n) is 22.2. The van der Waals surface area contributed by atoms with Gasteiger partial charge in [0.05, 0.1) is 10.9 Å². The summed E-state index contributed by atoms with van der Waals surface area (Å²) >= 11 is 0. The van der Waals surface area contributed by atoms with Crippen LogP contribution in [0.15, 0.2) is 60.9 Å². The van der Waals surface area contributed by atoms with Gasteiger partial charge in [0.15, 0.2) is 11.6 Å². The highest BCUT2D eigenvalue weighted by molar-refractivity contribution is 5.90. The molecule has 0 aliphatic carbocycles. The van der Waals surface area contributed by atoms with E-state index in [1.807, 2.05) is 0 Å². The molecule has 0 aliphatic rings. The van der Waals surface area contributed by atoms with Gasteiger partial charge in [0.2, 0.25) is 0 Å². The molecule has 45 heavy (non-hydrogen) atoms. The van der Waals surface area contributed by atoms with E-state index < -0.39 is 80.4 Å². The average molecular weight is 638 g/mol. The van der Waals surface area contributed by atoms with Crippen molar-refractivity contribution in [2.45, 2.75) is 19.2 Å². The summed E-state index contributed by atoms with van der Waals surface area (Å²) in [4.78, 5) is 7.75. The van der Waals surface area contributed by atoms with Crippen molar-refractivity contribution in [2.75, 3.05) is 0 Å². The van der Waals surface area contributed by atoms with Crippen molar-refractivity contribution >= 4 is 10.8 Å². The van der Waals surface area contributed by atoms with Crippen molar-refractivity contribution in [3.8, 4) is 40.1 Å². The molecule has 0 amide bonds. The van der Waals surface area contributed by atoms with Crippen molar-refractivity contribution in [3.63, 3.8) is 0 Å². The molecule has 0 aliphatic heterocycles. The van der Waals surface area contributed by atoms with Crippen molar-refractivity contribution in [1.29, 1.82) is 0 Å². The monoisotopic (exact) mass is 638 g/mol. The van der Waals surface area contributed by atoms with Crippen LogP contribution in [0.2, 0.25) is 0 Å². The Morgan fingerprint density at radius 1 is 0.689 bits per heavy atom. The summed E-state index contributed by atoms with van der Waals surface area (Å²) in [7, 11) is 0. The number of ether oxygens (including phenoxy) is 1. The second-order valence-corrected chi connectivity index (χ2v) is 9.51. The summed E-state index contributed by atoms with van der Waals surface area (Å²) in [6.07, 6.45) is -7.05. The highest BCUT2D eigenvalue weighted by Crippen LogP contribution is 2.38. The number of aromatic nitrogens is 2. The van der Waals surface area contributed by atoms with Crippen LogP contribution < -0.4 is 4.74 Å². The number of alkyl halides is 5. The summed E-state index contributed by atoms with van der Waals surface area (Å²) in [5.74, 6) is -8.54. The molecule has 1 aromatic heterocycles. The van der Waals surface area contributed by atoms with Gasteiger partial charge in [0.25, 0.3) is 0 Å². The number of hydrogen-bond donors (Lipinski definition) is 0. The van der Waals surface area contributed by atoms with Crippen LogP contribution in [0.3, 0.4) is 0 Å². The standard InChI is InChI=1S/C31H13F11N2O/c1-14-12-43-29(44-13-14)17-9-24(35)27(25(36)10-17)31(41,42)45-18-2-3-19(22(33)11-18)15-6-16-8-21(32)20(4-5-30(38,39)40)28(37)26(16)23(34)7-15/h2-3,6-13H,1H3. The van der Waals surface area contributed by atoms with Crippen molar-refractivity contribution < 1.29 is 53.0 Å². The van der Waals surface area contributed by atoms with E-state index in [9.17, 15) is 43.9 Å². The van der Waals surface area contributed by atoms with Crippen molar-refractivity contribution in [3.05, 3.63) is 113 Å². The molecule has 3 nitrogen and oxygen atoms in total. The minimum absolute atomic E-state index is 0.141. The molecule has 0 fully saturated rings. The number of halogens is 11. The Bertz CT molecular complexity index is 2010. The Labute approximate surface area is 245 Å². The molecule has 0 N–H and O–H groups in total. The van der Waals surface area contributed by atoms with Gasteiger partial charge in [0.1, 0.15) is 40.4 Å². The maximum atomic E-state index is 15.0. The van der Waals surface area contributed by atoms with Crippen LogP contribution in [0.25, 0.3) is 33.3 Å². The smallest absolute Gasteiger partial charge is 0.429 e. The minimum atomic E-state index is -5.09. The quantitative estimate of drug-likeness (QED) is 0.142. The predicted molar refractivity (Wildman–Crippen MR) is 139 cm³/mol. The summed E-state index contributed by atoms with van der Waals surface area (Å²) in [6, 6.07) is 5.06. The molecule has 0 saturated heterocycles. The second kappa shape index (κ2) is 11.4. The fourth-order valence-electron chi connectivity index (χ4n) is 4.33. The lowest BCUT2D eigenvalue weighted by molar-refractivity contribution is -0.189. The molecule has 4 aromatic carbocycles. The Balaban J connectivity index is 1.46. The third kappa shape index (κ3) is 6.38. The Morgan fingerprint density at radius 2 is 1.31 bits per heavy atom. The van der Waals surface area contributed by atoms with Crippen LogP contribution in [-0.4, -0.2) is 16.1 Å². The number of rotatable bonds is 5. The maximum Gasteiger partial charge on any atom is 0.458 e.